The van der Waals surface area contributed by atoms with E-state index < -0.39 is 5.82 Å². The third-order valence-corrected chi connectivity index (χ3v) is 1.68. The number of aromatic nitrogens is 2. The molecule has 1 rings (SSSR count). The zero-order valence-electron chi connectivity index (χ0n) is 7.87. The highest BCUT2D eigenvalue weighted by Crippen LogP contribution is 2.14. The molecule has 1 heterocycles. The number of hydrogen-bond acceptors (Lipinski definition) is 3. The van der Waals surface area contributed by atoms with Gasteiger partial charge >= 0.3 is 0 Å². The van der Waals surface area contributed by atoms with Crippen molar-refractivity contribution in [1.82, 2.24) is 9.97 Å². The summed E-state index contributed by atoms with van der Waals surface area (Å²) in [6.45, 7) is 7.06. The lowest BCUT2D eigenvalue weighted by atomic mass is 10.3. The van der Waals surface area contributed by atoms with Crippen LogP contribution in [-0.2, 0) is 0 Å². The van der Waals surface area contributed by atoms with Gasteiger partial charge in [-0.2, -0.15) is 4.98 Å². The highest BCUT2D eigenvalue weighted by molar-refractivity contribution is 6.28. The monoisotopic (exact) mass is 225 g/mol. The van der Waals surface area contributed by atoms with E-state index in [-0.39, 0.29) is 11.1 Å². The van der Waals surface area contributed by atoms with Gasteiger partial charge in [0.05, 0.1) is 6.20 Å². The minimum atomic E-state index is -0.587. The average Bonchev–Trinajstić information content (AvgIpc) is 2.22. The van der Waals surface area contributed by atoms with Gasteiger partial charge in [-0.3, -0.25) is 0 Å². The Kier molecular flexibility index (Phi) is 4.00. The molecule has 0 aliphatic rings. The second-order valence-corrected chi connectivity index (χ2v) is 2.86. The zero-order chi connectivity index (χ0) is 11.3. The number of anilines is 1. The predicted molar refractivity (Wildman–Crippen MR) is 59.1 cm³/mol. The summed E-state index contributed by atoms with van der Waals surface area (Å²) in [6, 6.07) is 0. The third kappa shape index (κ3) is 3.18. The van der Waals surface area contributed by atoms with E-state index in [1.165, 1.54) is 6.08 Å². The Morgan fingerprint density at radius 2 is 2.27 bits per heavy atom. The number of rotatable bonds is 4. The number of nitrogens with one attached hydrogen (secondary N) is 1. The molecule has 0 bridgehead atoms. The molecule has 0 aromatic carbocycles. The topological polar surface area (TPSA) is 37.8 Å². The van der Waals surface area contributed by atoms with Crippen molar-refractivity contribution in [3.63, 3.8) is 0 Å². The number of allylic oxidation sites excluding steroid dienone is 3. The van der Waals surface area contributed by atoms with Crippen molar-refractivity contribution < 1.29 is 4.39 Å². The molecule has 0 saturated heterocycles. The van der Waals surface area contributed by atoms with Crippen LogP contribution in [0.25, 0.3) is 0 Å². The number of halogens is 2. The van der Waals surface area contributed by atoms with Crippen LogP contribution in [0.3, 0.4) is 0 Å². The molecule has 78 valence electrons. The first-order valence-corrected chi connectivity index (χ1v) is 4.45. The summed E-state index contributed by atoms with van der Waals surface area (Å²) in [7, 11) is 0. The lowest BCUT2D eigenvalue weighted by Crippen LogP contribution is -2.02. The van der Waals surface area contributed by atoms with Crippen molar-refractivity contribution in [2.24, 2.45) is 0 Å². The van der Waals surface area contributed by atoms with Gasteiger partial charge in [-0.1, -0.05) is 19.2 Å². The van der Waals surface area contributed by atoms with Gasteiger partial charge in [0.25, 0.3) is 0 Å². The van der Waals surface area contributed by atoms with Crippen LogP contribution in [0.4, 0.5) is 10.2 Å². The van der Waals surface area contributed by atoms with E-state index in [0.29, 0.717) is 5.70 Å². The first-order valence-electron chi connectivity index (χ1n) is 4.07. The summed E-state index contributed by atoms with van der Waals surface area (Å²) in [5, 5.41) is 2.67. The largest absolute Gasteiger partial charge is 0.338 e. The van der Waals surface area contributed by atoms with Crippen molar-refractivity contribution in [3.8, 4) is 0 Å². The van der Waals surface area contributed by atoms with Crippen molar-refractivity contribution in [3.05, 3.63) is 54.4 Å². The molecule has 1 aromatic rings. The quantitative estimate of drug-likeness (QED) is 0.633. The smallest absolute Gasteiger partial charge is 0.224 e. The molecule has 0 amide bonds. The number of nitrogens with zero attached hydrogens (tertiary/aromatic N) is 2. The molecule has 1 aromatic heterocycles. The zero-order valence-corrected chi connectivity index (χ0v) is 8.63. The average molecular weight is 226 g/mol. The molecule has 0 saturated carbocycles. The number of hydrogen-bond donors (Lipinski definition) is 1. The molecule has 0 atom stereocenters. The van der Waals surface area contributed by atoms with Crippen molar-refractivity contribution >= 4 is 17.4 Å². The lowest BCUT2D eigenvalue weighted by Gasteiger charge is -2.06. The van der Waals surface area contributed by atoms with Gasteiger partial charge in [0.15, 0.2) is 11.6 Å². The Balaban J connectivity index is 2.97. The Hall–Kier alpha value is -1.68. The maximum absolute atomic E-state index is 13.2. The maximum Gasteiger partial charge on any atom is 0.224 e. The fourth-order valence-electron chi connectivity index (χ4n) is 0.858. The first kappa shape index (κ1) is 11.4. The van der Waals surface area contributed by atoms with E-state index >= 15 is 0 Å². The molecule has 0 unspecified atom stereocenters. The van der Waals surface area contributed by atoms with Gasteiger partial charge in [0.1, 0.15) is 0 Å². The van der Waals surface area contributed by atoms with Crippen LogP contribution in [0, 0.1) is 5.82 Å². The summed E-state index contributed by atoms with van der Waals surface area (Å²) in [5.41, 5.74) is 0.568. The van der Waals surface area contributed by atoms with Gasteiger partial charge < -0.3 is 5.32 Å². The Bertz CT molecular complexity index is 415. The van der Waals surface area contributed by atoms with Gasteiger partial charge in [-0.05, 0) is 23.8 Å². The Morgan fingerprint density at radius 1 is 1.53 bits per heavy atom. The van der Waals surface area contributed by atoms with Crippen LogP contribution < -0.4 is 5.32 Å². The van der Waals surface area contributed by atoms with Crippen LogP contribution >= 0.6 is 11.6 Å². The van der Waals surface area contributed by atoms with E-state index in [9.17, 15) is 4.39 Å². The highest BCUT2D eigenvalue weighted by atomic mass is 35.5. The molecule has 5 heteroatoms. The highest BCUT2D eigenvalue weighted by Gasteiger charge is 2.05. The van der Waals surface area contributed by atoms with E-state index in [1.54, 1.807) is 12.2 Å². The minimum absolute atomic E-state index is 0.00278. The fraction of sp³-hybridized carbons (Fsp3) is 0. The molecule has 0 aliphatic heterocycles. The van der Waals surface area contributed by atoms with E-state index in [4.69, 9.17) is 11.6 Å². The van der Waals surface area contributed by atoms with Crippen LogP contribution in [0.1, 0.15) is 0 Å². The molecule has 0 aliphatic carbocycles. The van der Waals surface area contributed by atoms with Crippen LogP contribution in [0.15, 0.2) is 43.3 Å². The normalized spacial score (nSPS) is 10.9. The second-order valence-electron chi connectivity index (χ2n) is 2.52. The summed E-state index contributed by atoms with van der Waals surface area (Å²) in [4.78, 5) is 7.18. The van der Waals surface area contributed by atoms with E-state index in [1.807, 2.05) is 0 Å². The second kappa shape index (κ2) is 5.26. The molecule has 0 spiro atoms. The van der Waals surface area contributed by atoms with E-state index in [2.05, 4.69) is 28.4 Å². The maximum atomic E-state index is 13.2. The molecular formula is C10H9ClFN3. The van der Waals surface area contributed by atoms with Gasteiger partial charge in [0, 0.05) is 5.70 Å². The standard InChI is InChI=1S/C10H9ClFN3/c1-3-5-7(4-2)14-9-8(12)6-13-10(11)15-9/h3-6H,1-2H2,(H,13,14,15)/b7-5+. The summed E-state index contributed by atoms with van der Waals surface area (Å²) >= 11 is 5.53. The molecule has 0 radical (unpaired) electrons. The van der Waals surface area contributed by atoms with E-state index in [0.717, 1.165) is 6.20 Å². The molecule has 1 N–H and O–H groups in total. The van der Waals surface area contributed by atoms with Gasteiger partial charge in [-0.25, -0.2) is 9.37 Å². The van der Waals surface area contributed by atoms with Crippen molar-refractivity contribution in [2.75, 3.05) is 5.32 Å². The Labute approximate surface area is 92.0 Å². The van der Waals surface area contributed by atoms with Crippen LogP contribution in [-0.4, -0.2) is 9.97 Å². The molecule has 15 heavy (non-hydrogen) atoms. The Morgan fingerprint density at radius 3 is 2.87 bits per heavy atom. The summed E-state index contributed by atoms with van der Waals surface area (Å²) in [6.07, 6.45) is 5.68. The fourth-order valence-corrected chi connectivity index (χ4v) is 0.991. The molecule has 0 fully saturated rings. The van der Waals surface area contributed by atoms with Crippen molar-refractivity contribution in [1.29, 1.82) is 0 Å². The predicted octanol–water partition coefficient (Wildman–Crippen LogP) is 2.94. The summed E-state index contributed by atoms with van der Waals surface area (Å²) < 4.78 is 13.2. The molecular weight excluding hydrogens is 217 g/mol. The van der Waals surface area contributed by atoms with Gasteiger partial charge in [-0.15, -0.1) is 0 Å². The lowest BCUT2D eigenvalue weighted by molar-refractivity contribution is 0.618. The minimum Gasteiger partial charge on any atom is -0.338 e. The summed E-state index contributed by atoms with van der Waals surface area (Å²) in [5.74, 6) is -0.584. The molecule has 3 nitrogen and oxygen atoms in total. The van der Waals surface area contributed by atoms with Crippen molar-refractivity contribution in [2.45, 2.75) is 0 Å². The van der Waals surface area contributed by atoms with Crippen LogP contribution in [0.2, 0.25) is 5.28 Å². The third-order valence-electron chi connectivity index (χ3n) is 1.49. The first-order chi connectivity index (χ1) is 7.17. The SMILES string of the molecule is C=C/C=C(\C=C)Nc1nc(Cl)ncc1F. The van der Waals surface area contributed by atoms with Gasteiger partial charge in [0.2, 0.25) is 5.28 Å². The van der Waals surface area contributed by atoms with Crippen LogP contribution in [0.5, 0.6) is 0 Å².